The van der Waals surface area contributed by atoms with Crippen LogP contribution in [0.1, 0.15) is 32.6 Å². The lowest BCUT2D eigenvalue weighted by Gasteiger charge is -2.35. The molecule has 7 nitrogen and oxygen atoms in total. The molecule has 0 aliphatic carbocycles. The van der Waals surface area contributed by atoms with E-state index in [4.69, 9.17) is 4.74 Å². The Morgan fingerprint density at radius 2 is 2.24 bits per heavy atom. The van der Waals surface area contributed by atoms with Gasteiger partial charge in [0.05, 0.1) is 12.5 Å². The van der Waals surface area contributed by atoms with Crippen LogP contribution in [0.4, 0.5) is 4.79 Å². The Morgan fingerprint density at radius 1 is 1.43 bits per heavy atom. The van der Waals surface area contributed by atoms with Gasteiger partial charge in [-0.2, -0.15) is 0 Å². The number of rotatable bonds is 3. The van der Waals surface area contributed by atoms with Gasteiger partial charge in [-0.05, 0) is 26.2 Å². The monoisotopic (exact) mass is 297 g/mol. The molecule has 2 rings (SSSR count). The number of alkyl carbamates (subject to hydrolysis) is 1. The second-order valence-corrected chi connectivity index (χ2v) is 5.53. The highest BCUT2D eigenvalue weighted by molar-refractivity contribution is 5.84. The van der Waals surface area contributed by atoms with Gasteiger partial charge in [0, 0.05) is 32.1 Å². The Morgan fingerprint density at radius 3 is 2.90 bits per heavy atom. The number of nitrogens with one attached hydrogen (secondary N) is 2. The number of amides is 3. The standard InChI is InChI=1S/C14H23N3O4/c1-2-21-14(20)16-11-4-3-7-17(9-11)13(19)10-5-6-12(18)15-8-10/h10-11H,2-9H2,1H3,(H,15,18)(H,16,20). The van der Waals surface area contributed by atoms with E-state index in [-0.39, 0.29) is 23.8 Å². The van der Waals surface area contributed by atoms with Crippen LogP contribution < -0.4 is 10.6 Å². The highest BCUT2D eigenvalue weighted by Crippen LogP contribution is 2.18. The predicted molar refractivity (Wildman–Crippen MR) is 75.5 cm³/mol. The van der Waals surface area contributed by atoms with Gasteiger partial charge in [-0.15, -0.1) is 0 Å². The van der Waals surface area contributed by atoms with Gasteiger partial charge in [-0.25, -0.2) is 4.79 Å². The van der Waals surface area contributed by atoms with Crippen LogP contribution in [0, 0.1) is 5.92 Å². The summed E-state index contributed by atoms with van der Waals surface area (Å²) in [5.41, 5.74) is 0. The van der Waals surface area contributed by atoms with Crippen molar-refractivity contribution in [3.63, 3.8) is 0 Å². The largest absolute Gasteiger partial charge is 0.450 e. The fraction of sp³-hybridized carbons (Fsp3) is 0.786. The molecule has 2 saturated heterocycles. The lowest BCUT2D eigenvalue weighted by atomic mass is 9.96. The number of ether oxygens (including phenoxy) is 1. The van der Waals surface area contributed by atoms with Crippen molar-refractivity contribution in [3.05, 3.63) is 0 Å². The molecule has 118 valence electrons. The second-order valence-electron chi connectivity index (χ2n) is 5.53. The van der Waals surface area contributed by atoms with Gasteiger partial charge in [0.1, 0.15) is 0 Å². The van der Waals surface area contributed by atoms with E-state index in [1.54, 1.807) is 11.8 Å². The lowest BCUT2D eigenvalue weighted by Crippen LogP contribution is -2.53. The average Bonchev–Trinajstić information content (AvgIpc) is 2.48. The van der Waals surface area contributed by atoms with Crippen molar-refractivity contribution >= 4 is 17.9 Å². The van der Waals surface area contributed by atoms with Crippen LogP contribution in [-0.4, -0.2) is 55.1 Å². The van der Waals surface area contributed by atoms with Crippen molar-refractivity contribution in [1.82, 2.24) is 15.5 Å². The summed E-state index contributed by atoms with van der Waals surface area (Å²) in [7, 11) is 0. The summed E-state index contributed by atoms with van der Waals surface area (Å²) in [4.78, 5) is 36.8. The molecule has 0 saturated carbocycles. The Balaban J connectivity index is 1.84. The molecule has 0 bridgehead atoms. The number of likely N-dealkylation sites (tertiary alicyclic amines) is 1. The molecule has 2 heterocycles. The molecule has 2 N–H and O–H groups in total. The van der Waals surface area contributed by atoms with Gasteiger partial charge >= 0.3 is 6.09 Å². The number of carbonyl (C=O) groups excluding carboxylic acids is 3. The summed E-state index contributed by atoms with van der Waals surface area (Å²) in [6.07, 6.45) is 2.30. The van der Waals surface area contributed by atoms with Crippen LogP contribution >= 0.6 is 0 Å². The molecule has 2 aliphatic rings. The minimum absolute atomic E-state index is 0.0135. The van der Waals surface area contributed by atoms with Crippen molar-refractivity contribution in [2.75, 3.05) is 26.2 Å². The van der Waals surface area contributed by atoms with Gasteiger partial charge < -0.3 is 20.3 Å². The van der Waals surface area contributed by atoms with Gasteiger partial charge in [0.15, 0.2) is 0 Å². The van der Waals surface area contributed by atoms with E-state index in [1.807, 2.05) is 0 Å². The minimum Gasteiger partial charge on any atom is -0.450 e. The van der Waals surface area contributed by atoms with E-state index in [0.29, 0.717) is 39.1 Å². The molecule has 2 fully saturated rings. The van der Waals surface area contributed by atoms with Crippen molar-refractivity contribution in [3.8, 4) is 0 Å². The van der Waals surface area contributed by atoms with Crippen LogP contribution in [0.5, 0.6) is 0 Å². The zero-order valence-corrected chi connectivity index (χ0v) is 12.4. The van der Waals surface area contributed by atoms with Crippen LogP contribution in [-0.2, 0) is 14.3 Å². The first-order valence-corrected chi connectivity index (χ1v) is 7.59. The number of piperidine rings is 2. The molecular weight excluding hydrogens is 274 g/mol. The third-order valence-corrected chi connectivity index (χ3v) is 3.95. The van der Waals surface area contributed by atoms with Crippen molar-refractivity contribution in [1.29, 1.82) is 0 Å². The SMILES string of the molecule is CCOC(=O)NC1CCCN(C(=O)C2CCC(=O)NC2)C1. The van der Waals surface area contributed by atoms with E-state index in [0.717, 1.165) is 12.8 Å². The summed E-state index contributed by atoms with van der Waals surface area (Å²) < 4.78 is 4.87. The Bertz CT molecular complexity index is 403. The van der Waals surface area contributed by atoms with Gasteiger partial charge in [0.2, 0.25) is 11.8 Å². The maximum atomic E-state index is 12.4. The molecular formula is C14H23N3O4. The topological polar surface area (TPSA) is 87.7 Å². The fourth-order valence-electron chi connectivity index (χ4n) is 2.84. The number of hydrogen-bond acceptors (Lipinski definition) is 4. The Kier molecular flexibility index (Phi) is 5.41. The Hall–Kier alpha value is -1.79. The summed E-state index contributed by atoms with van der Waals surface area (Å²) in [5, 5.41) is 5.53. The number of carbonyl (C=O) groups is 3. The molecule has 21 heavy (non-hydrogen) atoms. The molecule has 2 unspecified atom stereocenters. The first-order chi connectivity index (χ1) is 10.1. The minimum atomic E-state index is -0.429. The molecule has 7 heteroatoms. The van der Waals surface area contributed by atoms with Crippen molar-refractivity contribution in [2.45, 2.75) is 38.6 Å². The normalized spacial score (nSPS) is 26.0. The molecule has 2 aliphatic heterocycles. The maximum Gasteiger partial charge on any atom is 0.407 e. The smallest absolute Gasteiger partial charge is 0.407 e. The van der Waals surface area contributed by atoms with Crippen LogP contribution in [0.3, 0.4) is 0 Å². The summed E-state index contributed by atoms with van der Waals surface area (Å²) >= 11 is 0. The van der Waals surface area contributed by atoms with Gasteiger partial charge in [-0.3, -0.25) is 9.59 Å². The van der Waals surface area contributed by atoms with Crippen LogP contribution in [0.25, 0.3) is 0 Å². The highest BCUT2D eigenvalue weighted by atomic mass is 16.5. The maximum absolute atomic E-state index is 12.4. The average molecular weight is 297 g/mol. The number of nitrogens with zero attached hydrogens (tertiary/aromatic N) is 1. The quantitative estimate of drug-likeness (QED) is 0.781. The highest BCUT2D eigenvalue weighted by Gasteiger charge is 2.31. The molecule has 0 spiro atoms. The third-order valence-electron chi connectivity index (χ3n) is 3.95. The Labute approximate surface area is 124 Å². The van der Waals surface area contributed by atoms with Gasteiger partial charge in [0.25, 0.3) is 0 Å². The van der Waals surface area contributed by atoms with E-state index in [1.165, 1.54) is 0 Å². The summed E-state index contributed by atoms with van der Waals surface area (Å²) in [5.74, 6) is -0.0473. The van der Waals surface area contributed by atoms with E-state index in [2.05, 4.69) is 10.6 Å². The fourth-order valence-corrected chi connectivity index (χ4v) is 2.84. The van der Waals surface area contributed by atoms with E-state index >= 15 is 0 Å². The molecule has 2 atom stereocenters. The lowest BCUT2D eigenvalue weighted by molar-refractivity contribution is -0.138. The van der Waals surface area contributed by atoms with Gasteiger partial charge in [-0.1, -0.05) is 0 Å². The summed E-state index contributed by atoms with van der Waals surface area (Å²) in [6.45, 7) is 3.74. The molecule has 0 aromatic rings. The zero-order valence-electron chi connectivity index (χ0n) is 12.4. The van der Waals surface area contributed by atoms with E-state index in [9.17, 15) is 14.4 Å². The van der Waals surface area contributed by atoms with Crippen molar-refractivity contribution in [2.24, 2.45) is 5.92 Å². The molecule has 3 amide bonds. The first-order valence-electron chi connectivity index (χ1n) is 7.59. The third kappa shape index (κ3) is 4.34. The van der Waals surface area contributed by atoms with E-state index < -0.39 is 6.09 Å². The predicted octanol–water partition coefficient (Wildman–Crippen LogP) is 0.250. The second kappa shape index (κ2) is 7.28. The summed E-state index contributed by atoms with van der Waals surface area (Å²) in [6, 6.07) is -0.0556. The zero-order chi connectivity index (χ0) is 15.2. The molecule has 0 aromatic heterocycles. The number of hydrogen-bond donors (Lipinski definition) is 2. The first kappa shape index (κ1) is 15.6. The van der Waals surface area contributed by atoms with Crippen LogP contribution in [0.15, 0.2) is 0 Å². The van der Waals surface area contributed by atoms with Crippen molar-refractivity contribution < 1.29 is 19.1 Å². The molecule has 0 aromatic carbocycles. The van der Waals surface area contributed by atoms with Crippen LogP contribution in [0.2, 0.25) is 0 Å². The molecule has 0 radical (unpaired) electrons.